The second-order valence-electron chi connectivity index (χ2n) is 2.97. The number of nitrogens with one attached hydrogen (secondary N) is 2. The SMILES string of the molecule is O=C1NC[C@H](c2ccccc2O)N1. The quantitative estimate of drug-likeness (QED) is 0.594. The normalized spacial score (nSPS) is 20.9. The van der Waals surface area contributed by atoms with Crippen LogP contribution in [0.4, 0.5) is 4.79 Å². The predicted octanol–water partition coefficient (Wildman–Crippen LogP) is 0.746. The number of benzene rings is 1. The van der Waals surface area contributed by atoms with Gasteiger partial charge in [-0.25, -0.2) is 4.79 Å². The summed E-state index contributed by atoms with van der Waals surface area (Å²) in [6.45, 7) is 0.524. The monoisotopic (exact) mass is 178 g/mol. The Balaban J connectivity index is 2.26. The van der Waals surface area contributed by atoms with Gasteiger partial charge in [-0.3, -0.25) is 0 Å². The van der Waals surface area contributed by atoms with E-state index < -0.39 is 0 Å². The third-order valence-corrected chi connectivity index (χ3v) is 2.08. The van der Waals surface area contributed by atoms with Crippen LogP contribution >= 0.6 is 0 Å². The first kappa shape index (κ1) is 7.91. The lowest BCUT2D eigenvalue weighted by atomic mass is 10.1. The molecule has 1 heterocycles. The number of phenols is 1. The summed E-state index contributed by atoms with van der Waals surface area (Å²) in [6.07, 6.45) is 0. The van der Waals surface area contributed by atoms with E-state index in [2.05, 4.69) is 10.6 Å². The maximum Gasteiger partial charge on any atom is 0.315 e. The first-order chi connectivity index (χ1) is 6.27. The Labute approximate surface area is 75.6 Å². The van der Waals surface area contributed by atoms with Crippen LogP contribution in [-0.2, 0) is 0 Å². The van der Waals surface area contributed by atoms with Crippen molar-refractivity contribution in [3.8, 4) is 5.75 Å². The van der Waals surface area contributed by atoms with Crippen molar-refractivity contribution in [2.24, 2.45) is 0 Å². The molecule has 0 unspecified atom stereocenters. The first-order valence-corrected chi connectivity index (χ1v) is 4.09. The third-order valence-electron chi connectivity index (χ3n) is 2.08. The Morgan fingerprint density at radius 2 is 2.15 bits per heavy atom. The molecule has 1 aromatic rings. The van der Waals surface area contributed by atoms with Crippen LogP contribution < -0.4 is 10.6 Å². The molecule has 4 heteroatoms. The Morgan fingerprint density at radius 3 is 2.77 bits per heavy atom. The zero-order chi connectivity index (χ0) is 9.26. The van der Waals surface area contributed by atoms with Crippen molar-refractivity contribution in [2.45, 2.75) is 6.04 Å². The number of rotatable bonds is 1. The third kappa shape index (κ3) is 1.42. The number of hydrogen-bond acceptors (Lipinski definition) is 2. The van der Waals surface area contributed by atoms with Gasteiger partial charge in [0.05, 0.1) is 6.04 Å². The summed E-state index contributed by atoms with van der Waals surface area (Å²) in [4.78, 5) is 10.8. The summed E-state index contributed by atoms with van der Waals surface area (Å²) < 4.78 is 0. The van der Waals surface area contributed by atoms with E-state index in [9.17, 15) is 9.90 Å². The fourth-order valence-corrected chi connectivity index (χ4v) is 1.42. The van der Waals surface area contributed by atoms with Gasteiger partial charge < -0.3 is 15.7 Å². The highest BCUT2D eigenvalue weighted by Crippen LogP contribution is 2.24. The van der Waals surface area contributed by atoms with Crippen molar-refractivity contribution in [3.63, 3.8) is 0 Å². The van der Waals surface area contributed by atoms with Gasteiger partial charge in [-0.1, -0.05) is 18.2 Å². The molecule has 1 aromatic carbocycles. The average Bonchev–Trinajstić information content (AvgIpc) is 2.53. The number of hydrogen-bond donors (Lipinski definition) is 3. The van der Waals surface area contributed by atoms with Crippen LogP contribution in [-0.4, -0.2) is 17.7 Å². The standard InChI is InChI=1S/C9H10N2O2/c12-8-4-2-1-3-6(8)7-5-10-9(13)11-7/h1-4,7,12H,5H2,(H2,10,11,13)/t7-/m1/s1. The molecule has 1 aliphatic rings. The van der Waals surface area contributed by atoms with Gasteiger partial charge in [0.25, 0.3) is 0 Å². The van der Waals surface area contributed by atoms with Gasteiger partial charge in [0.2, 0.25) is 0 Å². The fraction of sp³-hybridized carbons (Fsp3) is 0.222. The van der Waals surface area contributed by atoms with E-state index in [1.54, 1.807) is 18.2 Å². The Morgan fingerprint density at radius 1 is 1.38 bits per heavy atom. The molecule has 2 rings (SSSR count). The summed E-state index contributed by atoms with van der Waals surface area (Å²) in [7, 11) is 0. The van der Waals surface area contributed by atoms with Crippen molar-refractivity contribution < 1.29 is 9.90 Å². The summed E-state index contributed by atoms with van der Waals surface area (Å²) in [5, 5.41) is 14.8. The molecular formula is C9H10N2O2. The molecule has 0 aromatic heterocycles. The lowest BCUT2D eigenvalue weighted by Crippen LogP contribution is -2.21. The highest BCUT2D eigenvalue weighted by molar-refractivity contribution is 5.77. The number of phenolic OH excluding ortho intramolecular Hbond substituents is 1. The molecule has 1 aliphatic heterocycles. The first-order valence-electron chi connectivity index (χ1n) is 4.09. The highest BCUT2D eigenvalue weighted by Gasteiger charge is 2.23. The zero-order valence-electron chi connectivity index (χ0n) is 6.95. The lowest BCUT2D eigenvalue weighted by Gasteiger charge is -2.09. The van der Waals surface area contributed by atoms with Crippen LogP contribution in [0.25, 0.3) is 0 Å². The molecule has 0 aliphatic carbocycles. The molecule has 0 saturated carbocycles. The molecule has 0 radical (unpaired) electrons. The second-order valence-corrected chi connectivity index (χ2v) is 2.97. The molecule has 2 amide bonds. The number of carbonyl (C=O) groups excluding carboxylic acids is 1. The molecule has 13 heavy (non-hydrogen) atoms. The highest BCUT2D eigenvalue weighted by atomic mass is 16.3. The summed E-state index contributed by atoms with van der Waals surface area (Å²) in [5.74, 6) is 0.219. The molecule has 4 nitrogen and oxygen atoms in total. The summed E-state index contributed by atoms with van der Waals surface area (Å²) in [5.41, 5.74) is 0.751. The number of amides is 2. The Bertz CT molecular complexity index is 338. The van der Waals surface area contributed by atoms with E-state index in [-0.39, 0.29) is 17.8 Å². The van der Waals surface area contributed by atoms with E-state index in [4.69, 9.17) is 0 Å². The molecule has 1 fully saturated rings. The summed E-state index contributed by atoms with van der Waals surface area (Å²) in [6, 6.07) is 6.69. The van der Waals surface area contributed by atoms with E-state index in [1.165, 1.54) is 0 Å². The minimum atomic E-state index is -0.187. The molecule has 1 atom stereocenters. The van der Waals surface area contributed by atoms with Gasteiger partial charge in [0.15, 0.2) is 0 Å². The molecule has 68 valence electrons. The van der Waals surface area contributed by atoms with Gasteiger partial charge >= 0.3 is 6.03 Å². The van der Waals surface area contributed by atoms with Crippen LogP contribution in [0.1, 0.15) is 11.6 Å². The van der Waals surface area contributed by atoms with Crippen LogP contribution in [0.15, 0.2) is 24.3 Å². The van der Waals surface area contributed by atoms with E-state index in [1.807, 2.05) is 6.07 Å². The Hall–Kier alpha value is -1.71. The van der Waals surface area contributed by atoms with Crippen LogP contribution in [0.2, 0.25) is 0 Å². The van der Waals surface area contributed by atoms with Crippen LogP contribution in [0, 0.1) is 0 Å². The number of urea groups is 1. The van der Waals surface area contributed by atoms with E-state index in [0.29, 0.717) is 6.54 Å². The lowest BCUT2D eigenvalue weighted by molar-refractivity contribution is 0.247. The number of para-hydroxylation sites is 1. The minimum Gasteiger partial charge on any atom is -0.508 e. The summed E-state index contributed by atoms with van der Waals surface area (Å²) >= 11 is 0. The van der Waals surface area contributed by atoms with Gasteiger partial charge in [0, 0.05) is 12.1 Å². The largest absolute Gasteiger partial charge is 0.508 e. The maximum absolute atomic E-state index is 10.8. The predicted molar refractivity (Wildman–Crippen MR) is 47.4 cm³/mol. The fourth-order valence-electron chi connectivity index (χ4n) is 1.42. The van der Waals surface area contributed by atoms with Crippen molar-refractivity contribution in [3.05, 3.63) is 29.8 Å². The maximum atomic E-state index is 10.8. The van der Waals surface area contributed by atoms with Crippen molar-refractivity contribution in [1.82, 2.24) is 10.6 Å². The topological polar surface area (TPSA) is 61.4 Å². The van der Waals surface area contributed by atoms with Gasteiger partial charge in [-0.2, -0.15) is 0 Å². The number of carbonyl (C=O) groups is 1. The van der Waals surface area contributed by atoms with E-state index in [0.717, 1.165) is 5.56 Å². The van der Waals surface area contributed by atoms with Gasteiger partial charge in [-0.05, 0) is 6.07 Å². The Kier molecular flexibility index (Phi) is 1.81. The van der Waals surface area contributed by atoms with E-state index >= 15 is 0 Å². The smallest absolute Gasteiger partial charge is 0.315 e. The van der Waals surface area contributed by atoms with Crippen LogP contribution in [0.5, 0.6) is 5.75 Å². The molecule has 0 spiro atoms. The zero-order valence-corrected chi connectivity index (χ0v) is 6.95. The molecular weight excluding hydrogens is 168 g/mol. The number of aromatic hydroxyl groups is 1. The molecule has 0 bridgehead atoms. The van der Waals surface area contributed by atoms with Gasteiger partial charge in [-0.15, -0.1) is 0 Å². The van der Waals surface area contributed by atoms with Crippen LogP contribution in [0.3, 0.4) is 0 Å². The van der Waals surface area contributed by atoms with Crippen molar-refractivity contribution in [1.29, 1.82) is 0 Å². The molecule has 3 N–H and O–H groups in total. The van der Waals surface area contributed by atoms with Crippen molar-refractivity contribution >= 4 is 6.03 Å². The minimum absolute atomic E-state index is 0.117. The van der Waals surface area contributed by atoms with Gasteiger partial charge in [0.1, 0.15) is 5.75 Å². The molecule has 1 saturated heterocycles. The average molecular weight is 178 g/mol. The van der Waals surface area contributed by atoms with Crippen molar-refractivity contribution in [2.75, 3.05) is 6.54 Å². The second kappa shape index (κ2) is 2.97.